The summed E-state index contributed by atoms with van der Waals surface area (Å²) in [4.78, 5) is 22.9. The van der Waals surface area contributed by atoms with E-state index in [1.807, 2.05) is 32.9 Å². The molecule has 108 valence electrons. The number of rotatable bonds is 5. The fourth-order valence-electron chi connectivity index (χ4n) is 2.20. The van der Waals surface area contributed by atoms with Gasteiger partial charge in [0.25, 0.3) is 0 Å². The van der Waals surface area contributed by atoms with E-state index in [1.165, 1.54) is 6.08 Å². The van der Waals surface area contributed by atoms with Crippen LogP contribution < -0.4 is 5.32 Å². The highest BCUT2D eigenvalue weighted by Crippen LogP contribution is 2.24. The van der Waals surface area contributed by atoms with E-state index < -0.39 is 18.1 Å². The maximum Gasteiger partial charge on any atom is 0.408 e. The number of ether oxygens (including phenoxy) is 1. The first-order valence-corrected chi connectivity index (χ1v) is 6.21. The van der Waals surface area contributed by atoms with Gasteiger partial charge in [-0.3, -0.25) is 0 Å². The van der Waals surface area contributed by atoms with Gasteiger partial charge in [0.1, 0.15) is 6.61 Å². The van der Waals surface area contributed by atoms with Gasteiger partial charge in [0.2, 0.25) is 0 Å². The van der Waals surface area contributed by atoms with E-state index in [4.69, 9.17) is 4.74 Å². The predicted molar refractivity (Wildman–Crippen MR) is 75.7 cm³/mol. The standard InChI is InChI=1S/C15H19NO4/c1-5-6-20-15(19)16-13(14(17)18)12-10(3)7-9(2)8-11(12)4/h5,7-8,13H,1,6H2,2-4H3,(H,16,19)(H,17,18). The number of alkyl carbamates (subject to hydrolysis) is 1. The van der Waals surface area contributed by atoms with Crippen LogP contribution in [0.3, 0.4) is 0 Å². The number of carbonyl (C=O) groups is 2. The molecule has 0 aliphatic heterocycles. The molecular formula is C15H19NO4. The van der Waals surface area contributed by atoms with Gasteiger partial charge in [-0.2, -0.15) is 0 Å². The molecule has 0 radical (unpaired) electrons. The van der Waals surface area contributed by atoms with Crippen LogP contribution in [0.1, 0.15) is 28.3 Å². The monoisotopic (exact) mass is 277 g/mol. The van der Waals surface area contributed by atoms with Gasteiger partial charge < -0.3 is 15.2 Å². The molecule has 1 rings (SSSR count). The first kappa shape index (κ1) is 15.8. The summed E-state index contributed by atoms with van der Waals surface area (Å²) in [5.41, 5.74) is 3.26. The average molecular weight is 277 g/mol. The second-order valence-corrected chi connectivity index (χ2v) is 4.62. The van der Waals surface area contributed by atoms with E-state index in [2.05, 4.69) is 11.9 Å². The third-order valence-electron chi connectivity index (χ3n) is 2.87. The van der Waals surface area contributed by atoms with Crippen LogP contribution in [0, 0.1) is 20.8 Å². The second-order valence-electron chi connectivity index (χ2n) is 4.62. The van der Waals surface area contributed by atoms with Gasteiger partial charge in [-0.25, -0.2) is 9.59 Å². The molecule has 0 aliphatic rings. The number of hydrogen-bond donors (Lipinski definition) is 2. The van der Waals surface area contributed by atoms with E-state index in [1.54, 1.807) is 0 Å². The third kappa shape index (κ3) is 3.85. The third-order valence-corrected chi connectivity index (χ3v) is 2.87. The number of nitrogens with one attached hydrogen (secondary N) is 1. The van der Waals surface area contributed by atoms with Crippen LogP contribution in [0.25, 0.3) is 0 Å². The van der Waals surface area contributed by atoms with Gasteiger partial charge in [0.05, 0.1) is 0 Å². The maximum absolute atomic E-state index is 11.5. The van der Waals surface area contributed by atoms with Crippen molar-refractivity contribution in [3.8, 4) is 0 Å². The van der Waals surface area contributed by atoms with E-state index >= 15 is 0 Å². The molecule has 5 nitrogen and oxygen atoms in total. The number of amides is 1. The highest BCUT2D eigenvalue weighted by atomic mass is 16.5. The smallest absolute Gasteiger partial charge is 0.408 e. The zero-order valence-corrected chi connectivity index (χ0v) is 11.9. The molecule has 5 heteroatoms. The lowest BCUT2D eigenvalue weighted by atomic mass is 9.94. The Balaban J connectivity index is 3.06. The molecule has 0 aliphatic carbocycles. The number of benzene rings is 1. The Bertz CT molecular complexity index is 514. The summed E-state index contributed by atoms with van der Waals surface area (Å²) in [6.07, 6.45) is 0.634. The van der Waals surface area contributed by atoms with Crippen LogP contribution in [0.2, 0.25) is 0 Å². The molecule has 2 N–H and O–H groups in total. The van der Waals surface area contributed by atoms with Gasteiger partial charge in [0, 0.05) is 0 Å². The van der Waals surface area contributed by atoms with Crippen LogP contribution in [-0.4, -0.2) is 23.8 Å². The quantitative estimate of drug-likeness (QED) is 0.811. The molecule has 0 saturated heterocycles. The summed E-state index contributed by atoms with van der Waals surface area (Å²) in [6, 6.07) is 2.64. The lowest BCUT2D eigenvalue weighted by Gasteiger charge is -2.19. The lowest BCUT2D eigenvalue weighted by Crippen LogP contribution is -2.35. The fourth-order valence-corrected chi connectivity index (χ4v) is 2.20. The summed E-state index contributed by atoms with van der Waals surface area (Å²) in [5.74, 6) is -1.13. The number of aliphatic carboxylic acids is 1. The van der Waals surface area contributed by atoms with E-state index in [0.717, 1.165) is 16.7 Å². The first-order chi connectivity index (χ1) is 9.36. The van der Waals surface area contributed by atoms with Gasteiger partial charge >= 0.3 is 12.1 Å². The minimum atomic E-state index is -1.13. The van der Waals surface area contributed by atoms with Crippen LogP contribution in [0.4, 0.5) is 4.79 Å². The number of aryl methyl sites for hydroxylation is 3. The van der Waals surface area contributed by atoms with Crippen molar-refractivity contribution in [1.82, 2.24) is 5.32 Å². The topological polar surface area (TPSA) is 75.6 Å². The highest BCUT2D eigenvalue weighted by Gasteiger charge is 2.26. The summed E-state index contributed by atoms with van der Waals surface area (Å²) in [6.45, 7) is 9.03. The Morgan fingerprint density at radius 1 is 1.35 bits per heavy atom. The Morgan fingerprint density at radius 3 is 2.35 bits per heavy atom. The molecule has 0 heterocycles. The molecule has 0 bridgehead atoms. The van der Waals surface area contributed by atoms with Crippen LogP contribution in [0.5, 0.6) is 0 Å². The van der Waals surface area contributed by atoms with Crippen molar-refractivity contribution in [1.29, 1.82) is 0 Å². The Hall–Kier alpha value is -2.30. The van der Waals surface area contributed by atoms with Crippen molar-refractivity contribution in [2.45, 2.75) is 26.8 Å². The number of carboxylic acid groups (broad SMARTS) is 1. The Labute approximate surface area is 118 Å². The van der Waals surface area contributed by atoms with Gasteiger partial charge in [-0.1, -0.05) is 30.4 Å². The molecule has 1 aromatic rings. The van der Waals surface area contributed by atoms with Gasteiger partial charge in [-0.05, 0) is 37.5 Å². The lowest BCUT2D eigenvalue weighted by molar-refractivity contribution is -0.139. The number of carboxylic acids is 1. The maximum atomic E-state index is 11.5. The van der Waals surface area contributed by atoms with Crippen molar-refractivity contribution in [3.63, 3.8) is 0 Å². The van der Waals surface area contributed by atoms with Crippen LogP contribution in [-0.2, 0) is 9.53 Å². The molecule has 1 unspecified atom stereocenters. The summed E-state index contributed by atoms with van der Waals surface area (Å²) >= 11 is 0. The minimum Gasteiger partial charge on any atom is -0.479 e. The van der Waals surface area contributed by atoms with Gasteiger partial charge in [-0.15, -0.1) is 0 Å². The molecule has 1 aromatic carbocycles. The largest absolute Gasteiger partial charge is 0.479 e. The first-order valence-electron chi connectivity index (χ1n) is 6.21. The van der Waals surface area contributed by atoms with Gasteiger partial charge in [0.15, 0.2) is 6.04 Å². The van der Waals surface area contributed by atoms with Crippen molar-refractivity contribution >= 4 is 12.1 Å². The average Bonchev–Trinajstić information content (AvgIpc) is 2.33. The molecule has 1 amide bonds. The second kappa shape index (κ2) is 6.75. The van der Waals surface area contributed by atoms with Crippen LogP contribution >= 0.6 is 0 Å². The zero-order valence-electron chi connectivity index (χ0n) is 11.9. The number of hydrogen-bond acceptors (Lipinski definition) is 3. The zero-order chi connectivity index (χ0) is 15.3. The number of carbonyl (C=O) groups excluding carboxylic acids is 1. The summed E-state index contributed by atoms with van der Waals surface area (Å²) in [5, 5.41) is 11.7. The van der Waals surface area contributed by atoms with Crippen molar-refractivity contribution in [2.24, 2.45) is 0 Å². The predicted octanol–water partition coefficient (Wildman–Crippen LogP) is 2.65. The minimum absolute atomic E-state index is 0.0318. The molecule has 0 spiro atoms. The molecular weight excluding hydrogens is 258 g/mol. The molecule has 0 fully saturated rings. The van der Waals surface area contributed by atoms with Crippen LogP contribution in [0.15, 0.2) is 24.8 Å². The van der Waals surface area contributed by atoms with Crippen molar-refractivity contribution in [2.75, 3.05) is 6.61 Å². The van der Waals surface area contributed by atoms with E-state index in [-0.39, 0.29) is 6.61 Å². The van der Waals surface area contributed by atoms with E-state index in [0.29, 0.717) is 5.56 Å². The Kier molecular flexibility index (Phi) is 5.32. The molecule has 0 saturated carbocycles. The summed E-state index contributed by atoms with van der Waals surface area (Å²) < 4.78 is 4.77. The highest BCUT2D eigenvalue weighted by molar-refractivity contribution is 5.82. The molecule has 20 heavy (non-hydrogen) atoms. The molecule has 1 atom stereocenters. The Morgan fingerprint density at radius 2 is 1.90 bits per heavy atom. The van der Waals surface area contributed by atoms with Crippen molar-refractivity contribution in [3.05, 3.63) is 47.0 Å². The van der Waals surface area contributed by atoms with E-state index in [9.17, 15) is 14.7 Å². The normalized spacial score (nSPS) is 11.6. The van der Waals surface area contributed by atoms with Crippen molar-refractivity contribution < 1.29 is 19.4 Å². The molecule has 0 aromatic heterocycles. The summed E-state index contributed by atoms with van der Waals surface area (Å²) in [7, 11) is 0. The SMILES string of the molecule is C=CCOC(=O)NC(C(=O)O)c1c(C)cc(C)cc1C. The fraction of sp³-hybridized carbons (Fsp3) is 0.333.